The van der Waals surface area contributed by atoms with Gasteiger partial charge >= 0.3 is 19.8 Å². The van der Waals surface area contributed by atoms with Gasteiger partial charge in [-0.25, -0.2) is 4.57 Å². The molecule has 10 nitrogen and oxygen atoms in total. The van der Waals surface area contributed by atoms with E-state index >= 15 is 0 Å². The summed E-state index contributed by atoms with van der Waals surface area (Å²) in [5, 5.41) is 8.89. The molecule has 0 heterocycles. The van der Waals surface area contributed by atoms with Crippen molar-refractivity contribution in [3.05, 3.63) is 48.6 Å². The maximum Gasteiger partial charge on any atom is 0.472 e. The number of rotatable bonds is 42. The number of esters is 1. The number of unbranched alkanes of at least 4 members (excludes halogenated alkanes) is 20. The molecule has 0 saturated carbocycles. The molecule has 0 aromatic carbocycles. The van der Waals surface area contributed by atoms with E-state index in [1.807, 2.05) is 0 Å². The summed E-state index contributed by atoms with van der Waals surface area (Å²) in [4.78, 5) is 33.5. The van der Waals surface area contributed by atoms with E-state index in [1.54, 1.807) is 0 Å². The standard InChI is InChI=1S/C45H82NO9P/c1-3-5-7-9-11-13-15-17-18-19-20-21-22-23-24-25-27-29-31-33-35-37-44(47)55-42(40-53-56(50,51)54-41-43(46)45(48)49)39-52-38-36-34-32-30-28-26-16-14-12-10-8-6-4-2/h5,7,11,13,17-18,20-21,42-43H,3-4,6,8-10,12,14-16,19,22-41,46H2,1-2H3,(H,48,49)(H,50,51)/b7-5-,13-11-,18-17-,21-20-. The van der Waals surface area contributed by atoms with Gasteiger partial charge < -0.3 is 25.2 Å². The highest BCUT2D eigenvalue weighted by molar-refractivity contribution is 7.47. The van der Waals surface area contributed by atoms with Gasteiger partial charge in [0.2, 0.25) is 0 Å². The van der Waals surface area contributed by atoms with Crippen molar-refractivity contribution in [2.45, 2.75) is 199 Å². The SMILES string of the molecule is CC/C=C\C/C=C\C/C=C\C/C=C\CCCCCCCCCCC(=O)OC(COCCCCCCCCCCCCCCC)COP(=O)(O)OCC(N)C(=O)O. The number of hydrogen-bond donors (Lipinski definition) is 3. The number of carboxylic acids is 1. The summed E-state index contributed by atoms with van der Waals surface area (Å²) >= 11 is 0. The van der Waals surface area contributed by atoms with E-state index in [4.69, 9.17) is 29.4 Å². The Kier molecular flexibility index (Phi) is 39.6. The Balaban J connectivity index is 4.21. The van der Waals surface area contributed by atoms with Gasteiger partial charge in [0.1, 0.15) is 12.1 Å². The molecule has 0 saturated heterocycles. The number of ether oxygens (including phenoxy) is 2. The fourth-order valence-electron chi connectivity index (χ4n) is 5.95. The van der Waals surface area contributed by atoms with Gasteiger partial charge in [-0.15, -0.1) is 0 Å². The molecule has 0 aliphatic heterocycles. The highest BCUT2D eigenvalue weighted by Gasteiger charge is 2.27. The predicted octanol–water partition coefficient (Wildman–Crippen LogP) is 12.3. The molecular formula is C45H82NO9P. The molecule has 0 rings (SSSR count). The average molecular weight is 812 g/mol. The van der Waals surface area contributed by atoms with Crippen molar-refractivity contribution in [1.82, 2.24) is 0 Å². The quantitative estimate of drug-likeness (QED) is 0.0235. The zero-order valence-electron chi connectivity index (χ0n) is 35.5. The van der Waals surface area contributed by atoms with Crippen molar-refractivity contribution in [2.24, 2.45) is 5.73 Å². The number of carboxylic acid groups (broad SMARTS) is 1. The van der Waals surface area contributed by atoms with E-state index in [0.717, 1.165) is 70.6 Å². The second-order valence-electron chi connectivity index (χ2n) is 14.8. The summed E-state index contributed by atoms with van der Waals surface area (Å²) in [6, 6.07) is -1.47. The van der Waals surface area contributed by atoms with E-state index in [1.165, 1.54) is 89.9 Å². The Bertz CT molecular complexity index is 1080. The molecule has 0 aromatic heterocycles. The first-order valence-electron chi connectivity index (χ1n) is 22.2. The molecule has 0 bridgehead atoms. The maximum atomic E-state index is 12.6. The minimum Gasteiger partial charge on any atom is -0.480 e. The van der Waals surface area contributed by atoms with E-state index in [-0.39, 0.29) is 13.0 Å². The van der Waals surface area contributed by atoms with Crippen LogP contribution in [0.5, 0.6) is 0 Å². The van der Waals surface area contributed by atoms with Crippen LogP contribution in [0.15, 0.2) is 48.6 Å². The lowest BCUT2D eigenvalue weighted by molar-refractivity contribution is -0.154. The van der Waals surface area contributed by atoms with Crippen LogP contribution in [0.1, 0.15) is 187 Å². The summed E-state index contributed by atoms with van der Waals surface area (Å²) < 4.78 is 33.3. The number of nitrogens with two attached hydrogens (primary N) is 1. The number of hydrogen-bond acceptors (Lipinski definition) is 8. The number of carbonyl (C=O) groups excluding carboxylic acids is 1. The summed E-state index contributed by atoms with van der Waals surface area (Å²) in [6.07, 6.45) is 47.3. The lowest BCUT2D eigenvalue weighted by Gasteiger charge is -2.20. The molecule has 326 valence electrons. The highest BCUT2D eigenvalue weighted by atomic mass is 31.2. The van der Waals surface area contributed by atoms with E-state index in [0.29, 0.717) is 13.0 Å². The molecule has 0 radical (unpaired) electrons. The second-order valence-corrected chi connectivity index (χ2v) is 16.3. The zero-order chi connectivity index (χ0) is 41.2. The first-order valence-corrected chi connectivity index (χ1v) is 23.7. The Labute approximate surface area is 341 Å². The molecule has 0 amide bonds. The Morgan fingerprint density at radius 1 is 0.589 bits per heavy atom. The van der Waals surface area contributed by atoms with Crippen molar-refractivity contribution >= 4 is 19.8 Å². The van der Waals surface area contributed by atoms with Crippen molar-refractivity contribution in [1.29, 1.82) is 0 Å². The molecular weight excluding hydrogens is 729 g/mol. The van der Waals surface area contributed by atoms with Gasteiger partial charge in [0, 0.05) is 13.0 Å². The van der Waals surface area contributed by atoms with Crippen LogP contribution in [0.2, 0.25) is 0 Å². The van der Waals surface area contributed by atoms with Gasteiger partial charge in [0.15, 0.2) is 0 Å². The summed E-state index contributed by atoms with van der Waals surface area (Å²) in [7, 11) is -4.62. The summed E-state index contributed by atoms with van der Waals surface area (Å²) in [5.41, 5.74) is 5.35. The number of phosphoric acid groups is 1. The van der Waals surface area contributed by atoms with Crippen molar-refractivity contribution in [3.63, 3.8) is 0 Å². The summed E-state index contributed by atoms with van der Waals surface area (Å²) in [5.74, 6) is -1.78. The van der Waals surface area contributed by atoms with Crippen molar-refractivity contribution in [2.75, 3.05) is 26.4 Å². The number of carbonyl (C=O) groups is 2. The fraction of sp³-hybridized carbons (Fsp3) is 0.778. The molecule has 0 aliphatic carbocycles. The van der Waals surface area contributed by atoms with Crippen LogP contribution in [-0.2, 0) is 32.7 Å². The first kappa shape index (κ1) is 53.9. The topological polar surface area (TPSA) is 155 Å². The third kappa shape index (κ3) is 40.1. The minimum atomic E-state index is -4.62. The smallest absolute Gasteiger partial charge is 0.472 e. The van der Waals surface area contributed by atoms with Crippen LogP contribution in [0.25, 0.3) is 0 Å². The molecule has 3 atom stereocenters. The maximum absolute atomic E-state index is 12.6. The van der Waals surface area contributed by atoms with Crippen LogP contribution < -0.4 is 5.73 Å². The van der Waals surface area contributed by atoms with Crippen molar-refractivity contribution in [3.8, 4) is 0 Å². The Morgan fingerprint density at radius 2 is 1.04 bits per heavy atom. The van der Waals surface area contributed by atoms with Gasteiger partial charge in [0.05, 0.1) is 19.8 Å². The molecule has 56 heavy (non-hydrogen) atoms. The lowest BCUT2D eigenvalue weighted by atomic mass is 10.0. The number of phosphoric ester groups is 1. The molecule has 4 N–H and O–H groups in total. The Morgan fingerprint density at radius 3 is 1.55 bits per heavy atom. The van der Waals surface area contributed by atoms with E-state index in [9.17, 15) is 19.0 Å². The lowest BCUT2D eigenvalue weighted by Crippen LogP contribution is -2.34. The zero-order valence-corrected chi connectivity index (χ0v) is 36.4. The van der Waals surface area contributed by atoms with Crippen LogP contribution in [0.4, 0.5) is 0 Å². The van der Waals surface area contributed by atoms with Gasteiger partial charge in [-0.3, -0.25) is 18.6 Å². The molecule has 0 fully saturated rings. The number of allylic oxidation sites excluding steroid dienone is 8. The third-order valence-corrected chi connectivity index (χ3v) is 10.3. The van der Waals surface area contributed by atoms with Gasteiger partial charge in [0.25, 0.3) is 0 Å². The predicted molar refractivity (Wildman–Crippen MR) is 231 cm³/mol. The van der Waals surface area contributed by atoms with Gasteiger partial charge in [-0.05, 0) is 51.4 Å². The monoisotopic (exact) mass is 812 g/mol. The normalized spacial score (nSPS) is 14.4. The largest absolute Gasteiger partial charge is 0.480 e. The van der Waals surface area contributed by atoms with Crippen LogP contribution in [-0.4, -0.2) is 60.5 Å². The molecule has 0 spiro atoms. The molecule has 0 aromatic rings. The van der Waals surface area contributed by atoms with Crippen LogP contribution >= 0.6 is 7.82 Å². The molecule has 11 heteroatoms. The second kappa shape index (κ2) is 41.1. The summed E-state index contributed by atoms with van der Waals surface area (Å²) in [6.45, 7) is 3.77. The molecule has 0 aliphatic rings. The molecule has 3 unspecified atom stereocenters. The first-order chi connectivity index (χ1) is 27.2. The Hall–Kier alpha value is -2.07. The van der Waals surface area contributed by atoms with Crippen molar-refractivity contribution < 1.29 is 42.7 Å². The van der Waals surface area contributed by atoms with E-state index in [2.05, 4.69) is 62.5 Å². The highest BCUT2D eigenvalue weighted by Crippen LogP contribution is 2.43. The number of aliphatic carboxylic acids is 1. The van der Waals surface area contributed by atoms with Crippen LogP contribution in [0.3, 0.4) is 0 Å². The fourth-order valence-corrected chi connectivity index (χ4v) is 6.73. The average Bonchev–Trinajstić information content (AvgIpc) is 3.18. The van der Waals surface area contributed by atoms with Gasteiger partial charge in [-0.2, -0.15) is 0 Å². The van der Waals surface area contributed by atoms with E-state index < -0.39 is 45.1 Å². The third-order valence-electron chi connectivity index (χ3n) is 9.37. The van der Waals surface area contributed by atoms with Gasteiger partial charge in [-0.1, -0.05) is 178 Å². The minimum absolute atomic E-state index is 0.0148. The van der Waals surface area contributed by atoms with Crippen LogP contribution in [0, 0.1) is 0 Å².